The number of benzene rings is 2. The predicted octanol–water partition coefficient (Wildman–Crippen LogP) is 3.43. The summed E-state index contributed by atoms with van der Waals surface area (Å²) in [5.41, 5.74) is 0.953. The van der Waals surface area contributed by atoms with Crippen molar-refractivity contribution >= 4 is 5.91 Å². The summed E-state index contributed by atoms with van der Waals surface area (Å²) in [4.78, 5) is 12.0. The van der Waals surface area contributed by atoms with Gasteiger partial charge in [0.25, 0.3) is 5.91 Å². The Hall–Kier alpha value is -3.66. The third kappa shape index (κ3) is 4.92. The highest BCUT2D eigenvalue weighted by molar-refractivity contribution is 5.93. The van der Waals surface area contributed by atoms with Gasteiger partial charge in [0.2, 0.25) is 0 Å². The first-order chi connectivity index (χ1) is 13.1. The monoisotopic (exact) mass is 368 g/mol. The maximum Gasteiger partial charge on any atom is 0.274 e. The molecule has 0 unspecified atom stereocenters. The van der Waals surface area contributed by atoms with Gasteiger partial charge in [-0.1, -0.05) is 47.3 Å². The van der Waals surface area contributed by atoms with Crippen molar-refractivity contribution in [2.45, 2.75) is 0 Å². The summed E-state index contributed by atoms with van der Waals surface area (Å²) in [7, 11) is 0. The van der Waals surface area contributed by atoms with E-state index in [0.717, 1.165) is 17.7 Å². The maximum atomic E-state index is 13.4. The van der Waals surface area contributed by atoms with Gasteiger partial charge in [-0.25, -0.2) is 8.78 Å². The lowest BCUT2D eigenvalue weighted by atomic mass is 10.1. The van der Waals surface area contributed by atoms with E-state index in [0.29, 0.717) is 5.76 Å². The van der Waals surface area contributed by atoms with E-state index in [4.69, 9.17) is 9.26 Å². The van der Waals surface area contributed by atoms with Gasteiger partial charge in [-0.3, -0.25) is 4.79 Å². The van der Waals surface area contributed by atoms with Crippen LogP contribution in [-0.4, -0.2) is 24.2 Å². The number of nitrogens with zero attached hydrogens (tertiary/aromatic N) is 1. The normalized spacial score (nSPS) is 10.0. The molecule has 0 radical (unpaired) electrons. The van der Waals surface area contributed by atoms with Gasteiger partial charge in [-0.2, -0.15) is 0 Å². The average molecular weight is 368 g/mol. The molecule has 136 valence electrons. The Bertz CT molecular complexity index is 991. The minimum Gasteiger partial charge on any atom is -0.478 e. The third-order valence-corrected chi connectivity index (χ3v) is 3.46. The molecule has 0 aliphatic carbocycles. The minimum absolute atomic E-state index is 0.0572. The van der Waals surface area contributed by atoms with Gasteiger partial charge < -0.3 is 14.6 Å². The molecule has 5 nitrogen and oxygen atoms in total. The van der Waals surface area contributed by atoms with Crippen molar-refractivity contribution in [2.75, 3.05) is 13.2 Å². The molecule has 1 amide bonds. The Morgan fingerprint density at radius 3 is 2.70 bits per heavy atom. The molecule has 2 aromatic carbocycles. The highest BCUT2D eigenvalue weighted by Crippen LogP contribution is 2.19. The molecule has 3 rings (SSSR count). The van der Waals surface area contributed by atoms with Crippen LogP contribution in [0.4, 0.5) is 8.78 Å². The fourth-order valence-electron chi connectivity index (χ4n) is 2.16. The van der Waals surface area contributed by atoms with E-state index in [1.165, 1.54) is 6.07 Å². The molecule has 0 fully saturated rings. The Morgan fingerprint density at radius 1 is 1.11 bits per heavy atom. The molecule has 27 heavy (non-hydrogen) atoms. The molecule has 0 aliphatic heterocycles. The SMILES string of the molecule is O=C(NCC#CCOc1ccc(F)cc1F)c1cc(-c2ccccc2)on1. The van der Waals surface area contributed by atoms with Crippen LogP contribution in [0.5, 0.6) is 5.75 Å². The molecule has 1 N–H and O–H groups in total. The predicted molar refractivity (Wildman–Crippen MR) is 93.9 cm³/mol. The second kappa shape index (κ2) is 8.63. The average Bonchev–Trinajstić information content (AvgIpc) is 3.17. The van der Waals surface area contributed by atoms with Crippen LogP contribution < -0.4 is 10.1 Å². The van der Waals surface area contributed by atoms with Crippen LogP contribution in [0.15, 0.2) is 59.1 Å². The van der Waals surface area contributed by atoms with Gasteiger partial charge in [0.1, 0.15) is 12.4 Å². The topological polar surface area (TPSA) is 64.4 Å². The molecule has 0 atom stereocenters. The molecule has 0 saturated carbocycles. The zero-order valence-electron chi connectivity index (χ0n) is 14.0. The van der Waals surface area contributed by atoms with E-state index in [1.807, 2.05) is 30.3 Å². The number of nitrogens with one attached hydrogen (secondary N) is 1. The lowest BCUT2D eigenvalue weighted by Crippen LogP contribution is -2.23. The van der Waals surface area contributed by atoms with Gasteiger partial charge in [0.15, 0.2) is 23.0 Å². The molecule has 0 aliphatic rings. The largest absolute Gasteiger partial charge is 0.478 e. The number of hydrogen-bond acceptors (Lipinski definition) is 4. The Balaban J connectivity index is 1.46. The minimum atomic E-state index is -0.801. The van der Waals surface area contributed by atoms with Gasteiger partial charge in [0, 0.05) is 17.7 Å². The fourth-order valence-corrected chi connectivity index (χ4v) is 2.16. The lowest BCUT2D eigenvalue weighted by Gasteiger charge is -2.02. The summed E-state index contributed by atoms with van der Waals surface area (Å²) < 4.78 is 36.4. The van der Waals surface area contributed by atoms with Crippen molar-refractivity contribution in [1.29, 1.82) is 0 Å². The van der Waals surface area contributed by atoms with Crippen LogP contribution in [0.3, 0.4) is 0 Å². The van der Waals surface area contributed by atoms with Gasteiger partial charge >= 0.3 is 0 Å². The van der Waals surface area contributed by atoms with Gasteiger partial charge in [0.05, 0.1) is 6.54 Å². The summed E-state index contributed by atoms with van der Waals surface area (Å²) in [5.74, 6) is 3.77. The second-order valence-electron chi connectivity index (χ2n) is 5.34. The highest BCUT2D eigenvalue weighted by atomic mass is 19.1. The van der Waals surface area contributed by atoms with Gasteiger partial charge in [-0.15, -0.1) is 0 Å². The number of carbonyl (C=O) groups is 1. The molecule has 7 heteroatoms. The first-order valence-electron chi connectivity index (χ1n) is 7.97. The van der Waals surface area contributed by atoms with E-state index < -0.39 is 17.5 Å². The fraction of sp³-hybridized carbons (Fsp3) is 0.100. The zero-order chi connectivity index (χ0) is 19.1. The van der Waals surface area contributed by atoms with Crippen molar-refractivity contribution in [2.24, 2.45) is 0 Å². The molecule has 0 bridgehead atoms. The van der Waals surface area contributed by atoms with E-state index in [9.17, 15) is 13.6 Å². The standard InChI is InChI=1S/C20H14F2N2O3/c21-15-8-9-18(16(22)12-15)26-11-5-4-10-23-20(25)17-13-19(27-24-17)14-6-2-1-3-7-14/h1-3,6-9,12-13H,10-11H2,(H,23,25). The Morgan fingerprint density at radius 2 is 1.93 bits per heavy atom. The molecule has 3 aromatic rings. The molecule has 0 spiro atoms. The molecule has 1 heterocycles. The first kappa shape index (κ1) is 18.1. The summed E-state index contributed by atoms with van der Waals surface area (Å²) in [6, 6.07) is 13.8. The Kier molecular flexibility index (Phi) is 5.80. The van der Waals surface area contributed by atoms with Crippen molar-refractivity contribution in [1.82, 2.24) is 10.5 Å². The highest BCUT2D eigenvalue weighted by Gasteiger charge is 2.12. The molecule has 1 aromatic heterocycles. The van der Waals surface area contributed by atoms with E-state index in [-0.39, 0.29) is 24.6 Å². The third-order valence-electron chi connectivity index (χ3n) is 3.46. The van der Waals surface area contributed by atoms with Crippen LogP contribution in [-0.2, 0) is 0 Å². The van der Waals surface area contributed by atoms with Crippen molar-refractivity contribution in [3.63, 3.8) is 0 Å². The number of amides is 1. The number of aromatic nitrogens is 1. The molecule has 0 saturated heterocycles. The number of hydrogen-bond donors (Lipinski definition) is 1. The van der Waals surface area contributed by atoms with Crippen molar-refractivity contribution < 1.29 is 22.8 Å². The van der Waals surface area contributed by atoms with Gasteiger partial charge in [-0.05, 0) is 12.1 Å². The van der Waals surface area contributed by atoms with E-state index in [1.54, 1.807) is 6.07 Å². The lowest BCUT2D eigenvalue weighted by molar-refractivity contribution is 0.0949. The summed E-state index contributed by atoms with van der Waals surface area (Å²) in [6.45, 7) is -0.0395. The van der Waals surface area contributed by atoms with Crippen LogP contribution >= 0.6 is 0 Å². The quantitative estimate of drug-likeness (QED) is 0.701. The van der Waals surface area contributed by atoms with E-state index >= 15 is 0 Å². The maximum absolute atomic E-state index is 13.4. The van der Waals surface area contributed by atoms with Crippen LogP contribution in [0, 0.1) is 23.5 Å². The first-order valence-corrected chi connectivity index (χ1v) is 7.97. The van der Waals surface area contributed by atoms with Crippen LogP contribution in [0.25, 0.3) is 11.3 Å². The smallest absolute Gasteiger partial charge is 0.274 e. The molecular formula is C20H14F2N2O3. The zero-order valence-corrected chi connectivity index (χ0v) is 14.0. The second-order valence-corrected chi connectivity index (χ2v) is 5.34. The van der Waals surface area contributed by atoms with Crippen molar-refractivity contribution in [3.05, 3.63) is 71.9 Å². The van der Waals surface area contributed by atoms with Crippen LogP contribution in [0.2, 0.25) is 0 Å². The van der Waals surface area contributed by atoms with Crippen molar-refractivity contribution in [3.8, 4) is 28.9 Å². The Labute approximate surface area is 153 Å². The number of halogens is 2. The summed E-state index contributed by atoms with van der Waals surface area (Å²) in [6.07, 6.45) is 0. The van der Waals surface area contributed by atoms with Crippen LogP contribution in [0.1, 0.15) is 10.5 Å². The summed E-state index contributed by atoms with van der Waals surface area (Å²) in [5, 5.41) is 6.30. The van der Waals surface area contributed by atoms with E-state index in [2.05, 4.69) is 22.3 Å². The number of carbonyl (C=O) groups excluding carboxylic acids is 1. The number of rotatable bonds is 5. The number of ether oxygens (including phenoxy) is 1. The summed E-state index contributed by atoms with van der Waals surface area (Å²) >= 11 is 0. The molecular weight excluding hydrogens is 354 g/mol.